The molecule has 0 aliphatic carbocycles. The lowest BCUT2D eigenvalue weighted by atomic mass is 10.1. The van der Waals surface area contributed by atoms with Gasteiger partial charge in [-0.3, -0.25) is 0 Å². The van der Waals surface area contributed by atoms with Crippen molar-refractivity contribution in [1.29, 1.82) is 0 Å². The van der Waals surface area contributed by atoms with Crippen molar-refractivity contribution in [2.45, 2.75) is 20.8 Å². The number of ether oxygens (including phenoxy) is 1. The fraction of sp³-hybridized carbons (Fsp3) is 0.235. The van der Waals surface area contributed by atoms with Gasteiger partial charge >= 0.3 is 0 Å². The minimum Gasteiger partial charge on any atom is -0.497 e. The molecule has 0 unspecified atom stereocenters. The molecule has 0 aliphatic heterocycles. The first-order valence-electron chi connectivity index (χ1n) is 6.80. The lowest BCUT2D eigenvalue weighted by Gasteiger charge is -2.15. The van der Waals surface area contributed by atoms with Crippen molar-refractivity contribution >= 4 is 28.7 Å². The molecule has 0 atom stereocenters. The molecule has 0 saturated heterocycles. The van der Waals surface area contributed by atoms with Crippen molar-refractivity contribution in [3.63, 3.8) is 0 Å². The molecule has 0 bridgehead atoms. The van der Waals surface area contributed by atoms with E-state index in [1.807, 2.05) is 37.3 Å². The summed E-state index contributed by atoms with van der Waals surface area (Å²) in [7, 11) is 1.66. The Morgan fingerprint density at radius 1 is 0.952 bits per heavy atom. The van der Waals surface area contributed by atoms with Gasteiger partial charge in [-0.15, -0.1) is 0 Å². The van der Waals surface area contributed by atoms with Crippen LogP contribution < -0.4 is 15.4 Å². The van der Waals surface area contributed by atoms with Crippen LogP contribution in [0.5, 0.6) is 5.75 Å². The Bertz CT molecular complexity index is 668. The number of rotatable bonds is 3. The lowest BCUT2D eigenvalue weighted by molar-refractivity contribution is 0.414. The largest absolute Gasteiger partial charge is 0.497 e. The summed E-state index contributed by atoms with van der Waals surface area (Å²) < 4.78 is 5.20. The summed E-state index contributed by atoms with van der Waals surface area (Å²) in [5.74, 6) is 0.839. The molecule has 21 heavy (non-hydrogen) atoms. The van der Waals surface area contributed by atoms with E-state index in [4.69, 9.17) is 17.0 Å². The average Bonchev–Trinajstić information content (AvgIpc) is 2.46. The third-order valence-electron chi connectivity index (χ3n) is 3.53. The summed E-state index contributed by atoms with van der Waals surface area (Å²) in [5.41, 5.74) is 5.52. The molecule has 0 saturated carbocycles. The average molecular weight is 300 g/mol. The Balaban J connectivity index is 2.10. The van der Waals surface area contributed by atoms with E-state index in [1.165, 1.54) is 11.1 Å². The quantitative estimate of drug-likeness (QED) is 0.822. The molecule has 0 aromatic heterocycles. The van der Waals surface area contributed by atoms with Gasteiger partial charge in [0, 0.05) is 11.4 Å². The van der Waals surface area contributed by atoms with Gasteiger partial charge in [-0.1, -0.05) is 12.1 Å². The summed E-state index contributed by atoms with van der Waals surface area (Å²) in [6.45, 7) is 6.19. The van der Waals surface area contributed by atoms with E-state index in [0.717, 1.165) is 22.7 Å². The Kier molecular flexibility index (Phi) is 4.81. The SMILES string of the molecule is COc1ccc(NC(=S)Nc2cccc(C)c2C)c(C)c1. The molecule has 0 heterocycles. The molecule has 110 valence electrons. The first kappa shape index (κ1) is 15.3. The van der Waals surface area contributed by atoms with Gasteiger partial charge in [0.25, 0.3) is 0 Å². The van der Waals surface area contributed by atoms with E-state index < -0.39 is 0 Å². The molecule has 0 spiro atoms. The monoisotopic (exact) mass is 300 g/mol. The molecule has 2 rings (SSSR count). The first-order valence-corrected chi connectivity index (χ1v) is 7.21. The van der Waals surface area contributed by atoms with Crippen LogP contribution in [0.15, 0.2) is 36.4 Å². The Labute approximate surface area is 131 Å². The van der Waals surface area contributed by atoms with Crippen LogP contribution >= 0.6 is 12.2 Å². The van der Waals surface area contributed by atoms with Crippen LogP contribution in [0.2, 0.25) is 0 Å². The number of thiocarbonyl (C=S) groups is 1. The van der Waals surface area contributed by atoms with Crippen molar-refractivity contribution in [2.75, 3.05) is 17.7 Å². The van der Waals surface area contributed by atoms with E-state index in [-0.39, 0.29) is 0 Å². The predicted octanol–water partition coefficient (Wildman–Crippen LogP) is 4.43. The second-order valence-corrected chi connectivity index (χ2v) is 5.42. The highest BCUT2D eigenvalue weighted by Crippen LogP contribution is 2.22. The van der Waals surface area contributed by atoms with Gasteiger partial charge in [-0.05, 0) is 73.9 Å². The standard InChI is InChI=1S/C17H20N2OS/c1-11-6-5-7-16(13(11)3)19-17(21)18-15-9-8-14(20-4)10-12(15)2/h5-10H,1-4H3,(H2,18,19,21). The molecule has 3 nitrogen and oxygen atoms in total. The number of methoxy groups -OCH3 is 1. The van der Waals surface area contributed by atoms with Crippen LogP contribution in [-0.4, -0.2) is 12.2 Å². The Morgan fingerprint density at radius 2 is 1.67 bits per heavy atom. The van der Waals surface area contributed by atoms with E-state index >= 15 is 0 Å². The molecular weight excluding hydrogens is 280 g/mol. The smallest absolute Gasteiger partial charge is 0.175 e. The zero-order valence-corrected chi connectivity index (χ0v) is 13.6. The van der Waals surface area contributed by atoms with Crippen LogP contribution in [0, 0.1) is 20.8 Å². The van der Waals surface area contributed by atoms with Crippen molar-refractivity contribution in [1.82, 2.24) is 0 Å². The summed E-state index contributed by atoms with van der Waals surface area (Å²) in [6.07, 6.45) is 0. The third-order valence-corrected chi connectivity index (χ3v) is 3.74. The predicted molar refractivity (Wildman–Crippen MR) is 93.5 cm³/mol. The highest BCUT2D eigenvalue weighted by Gasteiger charge is 2.05. The van der Waals surface area contributed by atoms with Crippen LogP contribution in [0.4, 0.5) is 11.4 Å². The van der Waals surface area contributed by atoms with Gasteiger partial charge in [0.2, 0.25) is 0 Å². The number of aryl methyl sites for hydroxylation is 2. The molecule has 0 amide bonds. The van der Waals surface area contributed by atoms with Gasteiger partial charge in [0.15, 0.2) is 5.11 Å². The van der Waals surface area contributed by atoms with Gasteiger partial charge in [-0.2, -0.15) is 0 Å². The zero-order valence-electron chi connectivity index (χ0n) is 12.8. The number of hydrogen-bond acceptors (Lipinski definition) is 2. The molecular formula is C17H20N2OS. The Hall–Kier alpha value is -2.07. The topological polar surface area (TPSA) is 33.3 Å². The van der Waals surface area contributed by atoms with Gasteiger partial charge < -0.3 is 15.4 Å². The van der Waals surface area contributed by atoms with Crippen molar-refractivity contribution in [3.05, 3.63) is 53.1 Å². The second-order valence-electron chi connectivity index (χ2n) is 5.01. The molecule has 2 N–H and O–H groups in total. The summed E-state index contributed by atoms with van der Waals surface area (Å²) in [6, 6.07) is 12.0. The number of anilines is 2. The normalized spacial score (nSPS) is 10.1. The van der Waals surface area contributed by atoms with E-state index in [2.05, 4.69) is 30.5 Å². The molecule has 0 fully saturated rings. The summed E-state index contributed by atoms with van der Waals surface area (Å²) >= 11 is 5.39. The van der Waals surface area contributed by atoms with Crippen molar-refractivity contribution in [2.24, 2.45) is 0 Å². The van der Waals surface area contributed by atoms with Crippen molar-refractivity contribution in [3.8, 4) is 5.75 Å². The molecule has 4 heteroatoms. The maximum Gasteiger partial charge on any atom is 0.175 e. The minimum absolute atomic E-state index is 0.581. The maximum atomic E-state index is 5.39. The van der Waals surface area contributed by atoms with Crippen LogP contribution in [0.1, 0.15) is 16.7 Å². The highest BCUT2D eigenvalue weighted by molar-refractivity contribution is 7.80. The third kappa shape index (κ3) is 3.73. The van der Waals surface area contributed by atoms with E-state index in [1.54, 1.807) is 7.11 Å². The molecule has 2 aromatic rings. The Morgan fingerprint density at radius 3 is 2.33 bits per heavy atom. The van der Waals surface area contributed by atoms with Crippen molar-refractivity contribution < 1.29 is 4.74 Å². The highest BCUT2D eigenvalue weighted by atomic mass is 32.1. The van der Waals surface area contributed by atoms with Gasteiger partial charge in [-0.25, -0.2) is 0 Å². The summed E-state index contributed by atoms with van der Waals surface area (Å²) in [5, 5.41) is 7.05. The molecule has 2 aromatic carbocycles. The van der Waals surface area contributed by atoms with Crippen LogP contribution in [0.3, 0.4) is 0 Å². The fourth-order valence-electron chi connectivity index (χ4n) is 2.07. The number of nitrogens with one attached hydrogen (secondary N) is 2. The van der Waals surface area contributed by atoms with Crippen LogP contribution in [-0.2, 0) is 0 Å². The minimum atomic E-state index is 0.581. The number of hydrogen-bond donors (Lipinski definition) is 2. The maximum absolute atomic E-state index is 5.39. The van der Waals surface area contributed by atoms with E-state index in [9.17, 15) is 0 Å². The molecule has 0 radical (unpaired) electrons. The first-order chi connectivity index (χ1) is 10.0. The van der Waals surface area contributed by atoms with Gasteiger partial charge in [0.05, 0.1) is 7.11 Å². The van der Waals surface area contributed by atoms with E-state index in [0.29, 0.717) is 5.11 Å². The number of benzene rings is 2. The second kappa shape index (κ2) is 6.59. The zero-order chi connectivity index (χ0) is 15.4. The molecule has 0 aliphatic rings. The van der Waals surface area contributed by atoms with Gasteiger partial charge in [0.1, 0.15) is 5.75 Å². The fourth-order valence-corrected chi connectivity index (χ4v) is 2.29. The summed E-state index contributed by atoms with van der Waals surface area (Å²) in [4.78, 5) is 0. The lowest BCUT2D eigenvalue weighted by Crippen LogP contribution is -2.20. The van der Waals surface area contributed by atoms with Crippen LogP contribution in [0.25, 0.3) is 0 Å².